The van der Waals surface area contributed by atoms with Gasteiger partial charge in [-0.3, -0.25) is 9.59 Å². The molecule has 2 amide bonds. The molecule has 17 heavy (non-hydrogen) atoms. The minimum absolute atomic E-state index is 0.111. The van der Waals surface area contributed by atoms with Crippen molar-refractivity contribution in [3.05, 3.63) is 0 Å². The van der Waals surface area contributed by atoms with Gasteiger partial charge < -0.3 is 24.7 Å². The molecule has 0 bridgehead atoms. The molecule has 0 aliphatic heterocycles. The van der Waals surface area contributed by atoms with Gasteiger partial charge in [0.1, 0.15) is 13.2 Å². The summed E-state index contributed by atoms with van der Waals surface area (Å²) in [6.45, 7) is -0.146. The Morgan fingerprint density at radius 2 is 1.29 bits per heavy atom. The summed E-state index contributed by atoms with van der Waals surface area (Å²) in [4.78, 5) is 25.3. The SMILES string of the molecule is CN(CCO)C(=O)COCC(=O)N(C)CCO. The summed E-state index contributed by atoms with van der Waals surface area (Å²) in [7, 11) is 3.09. The van der Waals surface area contributed by atoms with Crippen LogP contribution in [0.15, 0.2) is 0 Å². The number of aliphatic hydroxyl groups is 2. The van der Waals surface area contributed by atoms with Crippen LogP contribution in [-0.4, -0.2) is 85.4 Å². The van der Waals surface area contributed by atoms with E-state index < -0.39 is 0 Å². The fraction of sp³-hybridized carbons (Fsp3) is 0.800. The van der Waals surface area contributed by atoms with Crippen molar-refractivity contribution in [3.63, 3.8) is 0 Å². The fourth-order valence-electron chi connectivity index (χ4n) is 0.995. The summed E-state index contributed by atoms with van der Waals surface area (Å²) in [5, 5.41) is 17.2. The number of likely N-dealkylation sites (N-methyl/N-ethyl adjacent to an activating group) is 2. The van der Waals surface area contributed by atoms with Gasteiger partial charge in [-0.1, -0.05) is 0 Å². The highest BCUT2D eigenvalue weighted by atomic mass is 16.5. The van der Waals surface area contributed by atoms with Gasteiger partial charge in [0, 0.05) is 27.2 Å². The summed E-state index contributed by atoms with van der Waals surface area (Å²) in [6, 6.07) is 0. The number of ether oxygens (including phenoxy) is 1. The number of hydrogen-bond donors (Lipinski definition) is 2. The molecule has 7 heteroatoms. The molecule has 0 heterocycles. The average Bonchev–Trinajstić information content (AvgIpc) is 2.29. The summed E-state index contributed by atoms with van der Waals surface area (Å²) in [6.07, 6.45) is 0. The molecule has 0 aromatic heterocycles. The van der Waals surface area contributed by atoms with Crippen molar-refractivity contribution >= 4 is 11.8 Å². The zero-order valence-corrected chi connectivity index (χ0v) is 10.3. The van der Waals surface area contributed by atoms with E-state index in [0.29, 0.717) is 0 Å². The normalized spacial score (nSPS) is 10.1. The summed E-state index contributed by atoms with van der Waals surface area (Å²) in [5.74, 6) is -0.590. The van der Waals surface area contributed by atoms with Crippen LogP contribution < -0.4 is 0 Å². The molecule has 2 N–H and O–H groups in total. The van der Waals surface area contributed by atoms with Crippen molar-refractivity contribution in [1.29, 1.82) is 0 Å². The van der Waals surface area contributed by atoms with Crippen LogP contribution in [0.4, 0.5) is 0 Å². The maximum absolute atomic E-state index is 11.3. The first kappa shape index (κ1) is 15.8. The third-order valence-corrected chi connectivity index (χ3v) is 2.17. The van der Waals surface area contributed by atoms with Crippen molar-refractivity contribution in [3.8, 4) is 0 Å². The monoisotopic (exact) mass is 248 g/mol. The Balaban J connectivity index is 3.76. The van der Waals surface area contributed by atoms with Gasteiger partial charge >= 0.3 is 0 Å². The first-order valence-corrected chi connectivity index (χ1v) is 5.30. The van der Waals surface area contributed by atoms with Crippen LogP contribution in [0.5, 0.6) is 0 Å². The molecular formula is C10H20N2O5. The van der Waals surface area contributed by atoms with Gasteiger partial charge in [-0.15, -0.1) is 0 Å². The lowest BCUT2D eigenvalue weighted by Crippen LogP contribution is -2.36. The third-order valence-electron chi connectivity index (χ3n) is 2.17. The average molecular weight is 248 g/mol. The topological polar surface area (TPSA) is 90.3 Å². The third kappa shape index (κ3) is 6.88. The number of rotatable bonds is 8. The highest BCUT2D eigenvalue weighted by Gasteiger charge is 2.11. The number of amides is 2. The van der Waals surface area contributed by atoms with E-state index in [1.54, 1.807) is 14.1 Å². The maximum atomic E-state index is 11.3. The number of hydrogen-bond acceptors (Lipinski definition) is 5. The molecule has 0 fully saturated rings. The van der Waals surface area contributed by atoms with E-state index in [-0.39, 0.29) is 51.3 Å². The molecule has 0 aromatic rings. The van der Waals surface area contributed by atoms with Crippen molar-refractivity contribution < 1.29 is 24.5 Å². The highest BCUT2D eigenvalue weighted by Crippen LogP contribution is 1.89. The van der Waals surface area contributed by atoms with Crippen LogP contribution in [0.3, 0.4) is 0 Å². The van der Waals surface area contributed by atoms with Crippen LogP contribution in [0, 0.1) is 0 Å². The molecule has 0 rings (SSSR count). The van der Waals surface area contributed by atoms with Crippen LogP contribution in [0.2, 0.25) is 0 Å². The Kier molecular flexibility index (Phi) is 8.29. The Morgan fingerprint density at radius 1 is 0.941 bits per heavy atom. The van der Waals surface area contributed by atoms with Gasteiger partial charge in [-0.05, 0) is 0 Å². The number of nitrogens with zero attached hydrogens (tertiary/aromatic N) is 2. The molecule has 0 aromatic carbocycles. The van der Waals surface area contributed by atoms with E-state index in [0.717, 1.165) is 0 Å². The number of aliphatic hydroxyl groups excluding tert-OH is 2. The summed E-state index contributed by atoms with van der Waals surface area (Å²) < 4.78 is 4.95. The van der Waals surface area contributed by atoms with Crippen molar-refractivity contribution in [2.24, 2.45) is 0 Å². The van der Waals surface area contributed by atoms with Gasteiger partial charge in [-0.2, -0.15) is 0 Å². The lowest BCUT2D eigenvalue weighted by molar-refractivity contribution is -0.141. The molecular weight excluding hydrogens is 228 g/mol. The lowest BCUT2D eigenvalue weighted by Gasteiger charge is -2.17. The van der Waals surface area contributed by atoms with E-state index in [2.05, 4.69) is 0 Å². The van der Waals surface area contributed by atoms with Crippen molar-refractivity contribution in [1.82, 2.24) is 9.80 Å². The van der Waals surface area contributed by atoms with E-state index in [1.165, 1.54) is 9.80 Å². The second kappa shape index (κ2) is 8.91. The van der Waals surface area contributed by atoms with Gasteiger partial charge in [0.2, 0.25) is 11.8 Å². The van der Waals surface area contributed by atoms with Crippen LogP contribution >= 0.6 is 0 Å². The van der Waals surface area contributed by atoms with Gasteiger partial charge in [-0.25, -0.2) is 0 Å². The van der Waals surface area contributed by atoms with Crippen molar-refractivity contribution in [2.45, 2.75) is 0 Å². The molecule has 0 spiro atoms. The van der Waals surface area contributed by atoms with Gasteiger partial charge in [0.25, 0.3) is 0 Å². The first-order valence-electron chi connectivity index (χ1n) is 5.30. The number of carbonyl (C=O) groups excluding carboxylic acids is 2. The minimum atomic E-state index is -0.295. The second-order valence-electron chi connectivity index (χ2n) is 3.57. The minimum Gasteiger partial charge on any atom is -0.395 e. The molecule has 0 aliphatic carbocycles. The zero-order valence-electron chi connectivity index (χ0n) is 10.3. The predicted octanol–water partition coefficient (Wildman–Crippen LogP) is -2.10. The molecule has 0 unspecified atom stereocenters. The molecule has 7 nitrogen and oxygen atoms in total. The van der Waals surface area contributed by atoms with E-state index in [1.807, 2.05) is 0 Å². The molecule has 0 radical (unpaired) electrons. The molecule has 100 valence electrons. The fourth-order valence-corrected chi connectivity index (χ4v) is 0.995. The van der Waals surface area contributed by atoms with E-state index in [4.69, 9.17) is 14.9 Å². The Hall–Kier alpha value is -1.18. The van der Waals surface area contributed by atoms with Crippen LogP contribution in [0.1, 0.15) is 0 Å². The Bertz CT molecular complexity index is 223. The largest absolute Gasteiger partial charge is 0.395 e. The maximum Gasteiger partial charge on any atom is 0.248 e. The van der Waals surface area contributed by atoms with E-state index in [9.17, 15) is 9.59 Å². The smallest absolute Gasteiger partial charge is 0.248 e. The van der Waals surface area contributed by atoms with Crippen LogP contribution in [-0.2, 0) is 14.3 Å². The molecule has 0 saturated heterocycles. The van der Waals surface area contributed by atoms with Crippen molar-refractivity contribution in [2.75, 3.05) is 53.6 Å². The molecule has 0 saturated carbocycles. The quantitative estimate of drug-likeness (QED) is 0.514. The summed E-state index contributed by atoms with van der Waals surface area (Å²) in [5.41, 5.74) is 0. The zero-order chi connectivity index (χ0) is 13.3. The number of carbonyl (C=O) groups is 2. The second-order valence-corrected chi connectivity index (χ2v) is 3.57. The molecule has 0 aliphatic rings. The van der Waals surface area contributed by atoms with Gasteiger partial charge in [0.05, 0.1) is 13.2 Å². The van der Waals surface area contributed by atoms with Crippen LogP contribution in [0.25, 0.3) is 0 Å². The summed E-state index contributed by atoms with van der Waals surface area (Å²) >= 11 is 0. The van der Waals surface area contributed by atoms with E-state index >= 15 is 0 Å². The standard InChI is InChI=1S/C10H20N2O5/c1-11(3-5-13)9(15)7-17-8-10(16)12(2)4-6-14/h13-14H,3-8H2,1-2H3. The predicted molar refractivity (Wildman–Crippen MR) is 60.3 cm³/mol. The highest BCUT2D eigenvalue weighted by molar-refractivity contribution is 5.79. The first-order chi connectivity index (χ1) is 8.02. The Morgan fingerprint density at radius 3 is 1.59 bits per heavy atom. The lowest BCUT2D eigenvalue weighted by atomic mass is 10.5. The van der Waals surface area contributed by atoms with Gasteiger partial charge in [0.15, 0.2) is 0 Å². The Labute approximate surface area is 101 Å². The molecule has 0 atom stereocenters.